The predicted molar refractivity (Wildman–Crippen MR) is 62.7 cm³/mol. The standard InChI is InChI=1S/C12H13NO3/c1-3-5-10-6-7-11(13(14)15)9-12(10)16-8-4-2/h3-4,6-7,9H,1-2,5,8H2. The molecule has 0 fully saturated rings. The molecule has 0 aromatic heterocycles. The highest BCUT2D eigenvalue weighted by Crippen LogP contribution is 2.25. The molecular weight excluding hydrogens is 206 g/mol. The average molecular weight is 219 g/mol. The molecule has 0 atom stereocenters. The van der Waals surface area contributed by atoms with Gasteiger partial charge in [-0.05, 0) is 18.1 Å². The predicted octanol–water partition coefficient (Wildman–Crippen LogP) is 2.89. The second-order valence-corrected chi connectivity index (χ2v) is 3.14. The van der Waals surface area contributed by atoms with E-state index < -0.39 is 4.92 Å². The zero-order valence-corrected chi connectivity index (χ0v) is 8.89. The largest absolute Gasteiger partial charge is 0.489 e. The van der Waals surface area contributed by atoms with E-state index in [-0.39, 0.29) is 5.69 Å². The molecule has 0 saturated heterocycles. The maximum Gasteiger partial charge on any atom is 0.273 e. The van der Waals surface area contributed by atoms with Crippen LogP contribution >= 0.6 is 0 Å². The Morgan fingerprint density at radius 3 is 2.69 bits per heavy atom. The summed E-state index contributed by atoms with van der Waals surface area (Å²) in [5, 5.41) is 10.6. The van der Waals surface area contributed by atoms with Gasteiger partial charge in [0.15, 0.2) is 0 Å². The molecule has 0 aliphatic rings. The van der Waals surface area contributed by atoms with E-state index in [1.807, 2.05) is 0 Å². The van der Waals surface area contributed by atoms with Crippen LogP contribution in [0.15, 0.2) is 43.5 Å². The third kappa shape index (κ3) is 2.95. The van der Waals surface area contributed by atoms with Gasteiger partial charge in [-0.25, -0.2) is 0 Å². The average Bonchev–Trinajstić information content (AvgIpc) is 2.27. The minimum Gasteiger partial charge on any atom is -0.489 e. The van der Waals surface area contributed by atoms with Gasteiger partial charge in [-0.1, -0.05) is 18.7 Å². The third-order valence-electron chi connectivity index (χ3n) is 1.98. The number of nitrogens with zero attached hydrogens (tertiary/aromatic N) is 1. The molecule has 84 valence electrons. The van der Waals surface area contributed by atoms with Crippen LogP contribution in [0.5, 0.6) is 5.75 Å². The first-order valence-electron chi connectivity index (χ1n) is 4.81. The number of ether oxygens (including phenoxy) is 1. The van der Waals surface area contributed by atoms with Crippen molar-refractivity contribution in [2.75, 3.05) is 6.61 Å². The molecule has 0 N–H and O–H groups in total. The highest BCUT2D eigenvalue weighted by Gasteiger charge is 2.10. The third-order valence-corrected chi connectivity index (χ3v) is 1.98. The normalized spacial score (nSPS) is 9.50. The Morgan fingerprint density at radius 1 is 1.38 bits per heavy atom. The Labute approximate surface area is 94.0 Å². The molecule has 0 radical (unpaired) electrons. The van der Waals surface area contributed by atoms with E-state index in [0.29, 0.717) is 18.8 Å². The molecule has 0 amide bonds. The van der Waals surface area contributed by atoms with Crippen LogP contribution in [-0.2, 0) is 6.42 Å². The number of nitro benzene ring substituents is 1. The molecule has 0 aliphatic carbocycles. The second kappa shape index (κ2) is 5.70. The van der Waals surface area contributed by atoms with Gasteiger partial charge in [0.05, 0.1) is 11.0 Å². The van der Waals surface area contributed by atoms with Gasteiger partial charge >= 0.3 is 0 Å². The molecule has 0 saturated carbocycles. The van der Waals surface area contributed by atoms with Crippen molar-refractivity contribution in [3.05, 3.63) is 59.2 Å². The SMILES string of the molecule is C=CCOc1cc([N+](=O)[O-])ccc1CC=C. The fourth-order valence-corrected chi connectivity index (χ4v) is 1.26. The summed E-state index contributed by atoms with van der Waals surface area (Å²) in [7, 11) is 0. The molecule has 0 bridgehead atoms. The molecule has 0 unspecified atom stereocenters. The molecule has 1 aromatic rings. The van der Waals surface area contributed by atoms with Crippen LogP contribution in [-0.4, -0.2) is 11.5 Å². The summed E-state index contributed by atoms with van der Waals surface area (Å²) in [4.78, 5) is 10.2. The number of nitro groups is 1. The van der Waals surface area contributed by atoms with E-state index in [1.165, 1.54) is 12.1 Å². The first-order valence-corrected chi connectivity index (χ1v) is 4.81. The topological polar surface area (TPSA) is 52.4 Å². The zero-order valence-electron chi connectivity index (χ0n) is 8.89. The Balaban J connectivity index is 3.04. The minimum atomic E-state index is -0.446. The van der Waals surface area contributed by atoms with Crippen LogP contribution in [0.4, 0.5) is 5.69 Å². The number of non-ortho nitro benzene ring substituents is 1. The summed E-state index contributed by atoms with van der Waals surface area (Å²) in [6.07, 6.45) is 3.93. The molecule has 0 aliphatic heterocycles. The van der Waals surface area contributed by atoms with E-state index in [2.05, 4.69) is 13.2 Å². The van der Waals surface area contributed by atoms with Crippen molar-refractivity contribution in [3.8, 4) is 5.75 Å². The summed E-state index contributed by atoms with van der Waals surface area (Å²) in [6.45, 7) is 7.48. The number of allylic oxidation sites excluding steroid dienone is 1. The van der Waals surface area contributed by atoms with Gasteiger partial charge in [0.1, 0.15) is 12.4 Å². The molecular formula is C12H13NO3. The molecule has 1 aromatic carbocycles. The monoisotopic (exact) mass is 219 g/mol. The number of benzene rings is 1. The summed E-state index contributed by atoms with van der Waals surface area (Å²) in [6, 6.07) is 4.56. The number of hydrogen-bond acceptors (Lipinski definition) is 3. The van der Waals surface area contributed by atoms with Gasteiger partial charge in [0, 0.05) is 6.07 Å². The van der Waals surface area contributed by atoms with Gasteiger partial charge in [-0.3, -0.25) is 10.1 Å². The lowest BCUT2D eigenvalue weighted by molar-refractivity contribution is -0.384. The van der Waals surface area contributed by atoms with Crippen molar-refractivity contribution in [2.45, 2.75) is 6.42 Å². The second-order valence-electron chi connectivity index (χ2n) is 3.14. The van der Waals surface area contributed by atoms with E-state index in [4.69, 9.17) is 4.74 Å². The molecule has 16 heavy (non-hydrogen) atoms. The lowest BCUT2D eigenvalue weighted by Gasteiger charge is -2.08. The lowest BCUT2D eigenvalue weighted by Crippen LogP contribution is -1.98. The maximum absolute atomic E-state index is 10.6. The Kier molecular flexibility index (Phi) is 4.27. The van der Waals surface area contributed by atoms with Crippen LogP contribution in [0.25, 0.3) is 0 Å². The molecule has 0 heterocycles. The minimum absolute atomic E-state index is 0.0203. The van der Waals surface area contributed by atoms with Gasteiger partial charge in [-0.2, -0.15) is 0 Å². The number of hydrogen-bond donors (Lipinski definition) is 0. The highest BCUT2D eigenvalue weighted by atomic mass is 16.6. The van der Waals surface area contributed by atoms with Crippen molar-refractivity contribution in [2.24, 2.45) is 0 Å². The fraction of sp³-hybridized carbons (Fsp3) is 0.167. The van der Waals surface area contributed by atoms with Crippen LogP contribution in [0, 0.1) is 10.1 Å². The van der Waals surface area contributed by atoms with Gasteiger partial charge in [0.25, 0.3) is 5.69 Å². The van der Waals surface area contributed by atoms with Crippen molar-refractivity contribution in [1.82, 2.24) is 0 Å². The van der Waals surface area contributed by atoms with Crippen LogP contribution in [0.1, 0.15) is 5.56 Å². The quantitative estimate of drug-likeness (QED) is 0.420. The summed E-state index contributed by atoms with van der Waals surface area (Å²) in [5.41, 5.74) is 0.898. The smallest absolute Gasteiger partial charge is 0.273 e. The number of rotatable bonds is 6. The van der Waals surface area contributed by atoms with E-state index in [0.717, 1.165) is 5.56 Å². The Morgan fingerprint density at radius 2 is 2.12 bits per heavy atom. The Bertz CT molecular complexity index is 413. The van der Waals surface area contributed by atoms with Crippen LogP contribution in [0.2, 0.25) is 0 Å². The van der Waals surface area contributed by atoms with Crippen molar-refractivity contribution in [3.63, 3.8) is 0 Å². The zero-order chi connectivity index (χ0) is 12.0. The van der Waals surface area contributed by atoms with Crippen molar-refractivity contribution >= 4 is 5.69 Å². The van der Waals surface area contributed by atoms with Crippen LogP contribution < -0.4 is 4.74 Å². The highest BCUT2D eigenvalue weighted by molar-refractivity contribution is 5.45. The Hall–Kier alpha value is -2.10. The van der Waals surface area contributed by atoms with Crippen LogP contribution in [0.3, 0.4) is 0 Å². The summed E-state index contributed by atoms with van der Waals surface area (Å²) >= 11 is 0. The van der Waals surface area contributed by atoms with Gasteiger partial charge < -0.3 is 4.74 Å². The maximum atomic E-state index is 10.6. The van der Waals surface area contributed by atoms with E-state index in [9.17, 15) is 10.1 Å². The van der Waals surface area contributed by atoms with Gasteiger partial charge in [-0.15, -0.1) is 6.58 Å². The summed E-state index contributed by atoms with van der Waals surface area (Å²) < 4.78 is 5.36. The fourth-order valence-electron chi connectivity index (χ4n) is 1.26. The molecule has 4 heteroatoms. The van der Waals surface area contributed by atoms with Gasteiger partial charge in [0.2, 0.25) is 0 Å². The lowest BCUT2D eigenvalue weighted by atomic mass is 10.1. The summed E-state index contributed by atoms with van der Waals surface area (Å²) in [5.74, 6) is 0.508. The van der Waals surface area contributed by atoms with E-state index in [1.54, 1.807) is 18.2 Å². The van der Waals surface area contributed by atoms with Crippen molar-refractivity contribution in [1.29, 1.82) is 0 Å². The first kappa shape index (κ1) is 12.0. The first-order chi connectivity index (χ1) is 7.69. The molecule has 0 spiro atoms. The van der Waals surface area contributed by atoms with Crippen molar-refractivity contribution < 1.29 is 9.66 Å². The molecule has 4 nitrogen and oxygen atoms in total. The van der Waals surface area contributed by atoms with E-state index >= 15 is 0 Å². The molecule has 1 rings (SSSR count).